The highest BCUT2D eigenvalue weighted by Crippen LogP contribution is 2.35. The summed E-state index contributed by atoms with van der Waals surface area (Å²) in [5.74, 6) is -1.23. The van der Waals surface area contributed by atoms with Gasteiger partial charge in [0.15, 0.2) is 0 Å². The van der Waals surface area contributed by atoms with Gasteiger partial charge in [-0.15, -0.1) is 0 Å². The highest BCUT2D eigenvalue weighted by atomic mass is 16.5. The summed E-state index contributed by atoms with van der Waals surface area (Å²) < 4.78 is 5.24. The molecule has 0 saturated heterocycles. The molecule has 1 amide bonds. The van der Waals surface area contributed by atoms with Crippen LogP contribution in [0, 0.1) is 17.3 Å². The fourth-order valence-electron chi connectivity index (χ4n) is 4.38. The third-order valence-electron chi connectivity index (χ3n) is 6.19. The minimum atomic E-state index is -0.951. The van der Waals surface area contributed by atoms with Crippen LogP contribution in [-0.4, -0.2) is 54.5 Å². The number of amides is 1. The lowest BCUT2D eigenvalue weighted by Gasteiger charge is -2.37. The molecule has 7 heteroatoms. The number of rotatable bonds is 11. The largest absolute Gasteiger partial charge is 0.481 e. The zero-order valence-corrected chi connectivity index (χ0v) is 19.2. The number of fused-ring (bicyclic) bond motifs is 1. The smallest absolute Gasteiger partial charge is 0.306 e. The third kappa shape index (κ3) is 7.30. The first-order chi connectivity index (χ1) is 14.5. The molecule has 1 aliphatic heterocycles. The molecule has 1 aromatic rings. The third-order valence-corrected chi connectivity index (χ3v) is 6.19. The number of hydrogen-bond donors (Lipinski definition) is 3. The predicted molar refractivity (Wildman–Crippen MR) is 121 cm³/mol. The maximum absolute atomic E-state index is 13.3. The van der Waals surface area contributed by atoms with E-state index in [9.17, 15) is 14.7 Å². The summed E-state index contributed by atoms with van der Waals surface area (Å²) in [5.41, 5.74) is 7.89. The first-order valence-corrected chi connectivity index (χ1v) is 11.1. The van der Waals surface area contributed by atoms with Crippen molar-refractivity contribution in [2.24, 2.45) is 23.0 Å². The van der Waals surface area contributed by atoms with Crippen molar-refractivity contribution in [2.75, 3.05) is 25.2 Å². The number of methoxy groups -OCH3 is 1. The first kappa shape index (κ1) is 25.3. The molecule has 4 N–H and O–H groups in total. The van der Waals surface area contributed by atoms with Crippen LogP contribution in [0.4, 0.5) is 5.69 Å². The van der Waals surface area contributed by atoms with Crippen molar-refractivity contribution in [3.05, 3.63) is 29.8 Å². The van der Waals surface area contributed by atoms with Gasteiger partial charge in [0, 0.05) is 38.4 Å². The quantitative estimate of drug-likeness (QED) is 0.494. The molecule has 7 nitrogen and oxygen atoms in total. The minimum Gasteiger partial charge on any atom is -0.481 e. The molecule has 1 aromatic carbocycles. The molecule has 31 heavy (non-hydrogen) atoms. The van der Waals surface area contributed by atoms with E-state index in [2.05, 4.69) is 6.07 Å². The van der Waals surface area contributed by atoms with Gasteiger partial charge in [-0.3, -0.25) is 9.59 Å². The van der Waals surface area contributed by atoms with Crippen LogP contribution in [0.2, 0.25) is 0 Å². The van der Waals surface area contributed by atoms with Crippen molar-refractivity contribution in [2.45, 2.75) is 65.0 Å². The summed E-state index contributed by atoms with van der Waals surface area (Å²) in [4.78, 5) is 26.3. The molecule has 0 aromatic heterocycles. The number of para-hydroxylation sites is 1. The lowest BCUT2D eigenvalue weighted by atomic mass is 9.79. The number of aliphatic hydroxyl groups is 1. The molecule has 0 aliphatic carbocycles. The van der Waals surface area contributed by atoms with Gasteiger partial charge in [0.25, 0.3) is 0 Å². The van der Waals surface area contributed by atoms with Crippen molar-refractivity contribution in [3.63, 3.8) is 0 Å². The van der Waals surface area contributed by atoms with Gasteiger partial charge < -0.3 is 25.6 Å². The van der Waals surface area contributed by atoms with E-state index < -0.39 is 29.4 Å². The summed E-state index contributed by atoms with van der Waals surface area (Å²) in [5, 5.41) is 19.4. The molecular formula is C24H38N2O5. The number of aliphatic carboxylic acids is 1. The van der Waals surface area contributed by atoms with Crippen molar-refractivity contribution in [1.29, 1.82) is 0 Å². The number of hydrogen-bond acceptors (Lipinski definition) is 5. The maximum Gasteiger partial charge on any atom is 0.306 e. The summed E-state index contributed by atoms with van der Waals surface area (Å²) in [6.07, 6.45) is 1.74. The number of ether oxygens (including phenoxy) is 1. The highest BCUT2D eigenvalue weighted by Gasteiger charge is 2.34. The number of carboxylic acids is 1. The second-order valence-electron chi connectivity index (χ2n) is 9.74. The molecule has 1 heterocycles. The van der Waals surface area contributed by atoms with E-state index in [1.54, 1.807) is 14.0 Å². The van der Waals surface area contributed by atoms with Gasteiger partial charge in [-0.1, -0.05) is 39.0 Å². The van der Waals surface area contributed by atoms with Gasteiger partial charge in [-0.05, 0) is 48.6 Å². The summed E-state index contributed by atoms with van der Waals surface area (Å²) in [7, 11) is 1.69. The van der Waals surface area contributed by atoms with Gasteiger partial charge in [0.1, 0.15) is 0 Å². The monoisotopic (exact) mass is 434 g/mol. The van der Waals surface area contributed by atoms with Crippen molar-refractivity contribution in [1.82, 2.24) is 0 Å². The van der Waals surface area contributed by atoms with Gasteiger partial charge >= 0.3 is 5.97 Å². The number of aliphatic hydroxyl groups excluding tert-OH is 1. The van der Waals surface area contributed by atoms with Crippen molar-refractivity contribution < 1.29 is 24.5 Å². The highest BCUT2D eigenvalue weighted by molar-refractivity contribution is 5.95. The van der Waals surface area contributed by atoms with Gasteiger partial charge in [0.05, 0.1) is 12.0 Å². The van der Waals surface area contributed by atoms with Gasteiger partial charge in [-0.25, -0.2) is 0 Å². The average molecular weight is 435 g/mol. The van der Waals surface area contributed by atoms with E-state index in [0.717, 1.165) is 18.5 Å². The lowest BCUT2D eigenvalue weighted by molar-refractivity contribution is -0.142. The van der Waals surface area contributed by atoms with Crippen LogP contribution in [0.15, 0.2) is 24.3 Å². The Hall–Kier alpha value is -1.96. The Labute approximate surface area is 185 Å². The van der Waals surface area contributed by atoms with E-state index in [1.165, 1.54) is 5.56 Å². The number of benzene rings is 1. The van der Waals surface area contributed by atoms with E-state index in [4.69, 9.17) is 15.6 Å². The SMILES string of the molecule is COCC[C@H]1Cc2ccccc2N(C(=O)CC(C)(C)C[C@H](N)[C@@H](O)C[C@@H](C)C(=O)O)C1. The summed E-state index contributed by atoms with van der Waals surface area (Å²) in [6.45, 7) is 6.83. The van der Waals surface area contributed by atoms with Crippen LogP contribution >= 0.6 is 0 Å². The van der Waals surface area contributed by atoms with E-state index in [1.807, 2.05) is 36.9 Å². The molecule has 174 valence electrons. The molecule has 0 saturated carbocycles. The molecule has 0 radical (unpaired) electrons. The standard InChI is InChI=1S/C24H38N2O5/c1-16(23(29)30)11-21(27)19(25)13-24(2,3)14-22(28)26-15-17(9-10-31-4)12-18-7-5-6-8-20(18)26/h5-8,16-17,19,21,27H,9-15,25H2,1-4H3,(H,29,30)/t16-,17+,19+,21+/m1/s1. The van der Waals surface area contributed by atoms with Crippen LogP contribution in [0.5, 0.6) is 0 Å². The molecular weight excluding hydrogens is 396 g/mol. The number of carboxylic acid groups (broad SMARTS) is 1. The van der Waals surface area contributed by atoms with Crippen LogP contribution in [0.3, 0.4) is 0 Å². The van der Waals surface area contributed by atoms with E-state index >= 15 is 0 Å². The zero-order valence-electron chi connectivity index (χ0n) is 19.2. The van der Waals surface area contributed by atoms with Crippen molar-refractivity contribution in [3.8, 4) is 0 Å². The summed E-state index contributed by atoms with van der Waals surface area (Å²) >= 11 is 0. The Morgan fingerprint density at radius 3 is 2.65 bits per heavy atom. The topological polar surface area (TPSA) is 113 Å². The number of anilines is 1. The second kappa shape index (κ2) is 11.1. The van der Waals surface area contributed by atoms with Crippen LogP contribution in [-0.2, 0) is 20.7 Å². The molecule has 0 bridgehead atoms. The Kier molecular flexibility index (Phi) is 9.03. The summed E-state index contributed by atoms with van der Waals surface area (Å²) in [6, 6.07) is 7.44. The lowest BCUT2D eigenvalue weighted by Crippen LogP contribution is -2.44. The predicted octanol–water partition coefficient (Wildman–Crippen LogP) is 2.83. The average Bonchev–Trinajstić information content (AvgIpc) is 2.70. The van der Waals surface area contributed by atoms with E-state index in [0.29, 0.717) is 31.9 Å². The minimum absolute atomic E-state index is 0.0418. The van der Waals surface area contributed by atoms with Crippen LogP contribution in [0.25, 0.3) is 0 Å². The number of carbonyl (C=O) groups is 2. The first-order valence-electron chi connectivity index (χ1n) is 11.1. The number of nitrogens with zero attached hydrogens (tertiary/aromatic N) is 1. The number of carbonyl (C=O) groups excluding carboxylic acids is 1. The molecule has 0 fully saturated rings. The Morgan fingerprint density at radius 1 is 1.32 bits per heavy atom. The Morgan fingerprint density at radius 2 is 2.00 bits per heavy atom. The van der Waals surface area contributed by atoms with Gasteiger partial charge in [0.2, 0.25) is 5.91 Å². The molecule has 2 rings (SSSR count). The van der Waals surface area contributed by atoms with Crippen LogP contribution < -0.4 is 10.6 Å². The molecule has 4 atom stereocenters. The van der Waals surface area contributed by atoms with Crippen LogP contribution in [0.1, 0.15) is 52.0 Å². The molecule has 0 unspecified atom stereocenters. The maximum atomic E-state index is 13.3. The zero-order chi connectivity index (χ0) is 23.2. The van der Waals surface area contributed by atoms with E-state index in [-0.39, 0.29) is 12.3 Å². The van der Waals surface area contributed by atoms with Crippen molar-refractivity contribution >= 4 is 17.6 Å². The molecule has 1 aliphatic rings. The molecule has 0 spiro atoms. The Balaban J connectivity index is 2.05. The fraction of sp³-hybridized carbons (Fsp3) is 0.667. The number of nitrogens with two attached hydrogens (primary N) is 1. The Bertz CT molecular complexity index is 751. The fourth-order valence-corrected chi connectivity index (χ4v) is 4.38. The second-order valence-corrected chi connectivity index (χ2v) is 9.74. The normalized spacial score (nSPS) is 19.4. The van der Waals surface area contributed by atoms with Gasteiger partial charge in [-0.2, -0.15) is 0 Å².